The largest absolute Gasteiger partial charge is 0.484 e. The minimum Gasteiger partial charge on any atom is -0.484 e. The fraction of sp³-hybridized carbons (Fsp3) is 0.435. The number of morpholine rings is 1. The molecule has 3 aliphatic heterocycles. The summed E-state index contributed by atoms with van der Waals surface area (Å²) in [6.45, 7) is 3.84. The van der Waals surface area contributed by atoms with Crippen LogP contribution in [0, 0.1) is 12.7 Å². The smallest absolute Gasteiger partial charge is 0.261 e. The lowest BCUT2D eigenvalue weighted by Gasteiger charge is -2.40. The number of carbonyl (C=O) groups is 1. The highest BCUT2D eigenvalue weighted by Gasteiger charge is 2.45. The monoisotopic (exact) mass is 550 g/mol. The number of thiophene rings is 1. The van der Waals surface area contributed by atoms with Gasteiger partial charge in [0.15, 0.2) is 11.6 Å². The normalized spacial score (nSPS) is 26.0. The van der Waals surface area contributed by atoms with Crippen LogP contribution in [0.5, 0.6) is 0 Å². The fourth-order valence-corrected chi connectivity index (χ4v) is 6.81. The molecule has 2 N–H and O–H groups in total. The van der Waals surface area contributed by atoms with Crippen LogP contribution in [0.1, 0.15) is 27.3 Å². The number of halogens is 2. The topological polar surface area (TPSA) is 93.0 Å². The van der Waals surface area contributed by atoms with Crippen LogP contribution in [0.2, 0.25) is 0 Å². The van der Waals surface area contributed by atoms with Gasteiger partial charge in [0, 0.05) is 26.1 Å². The lowest BCUT2D eigenvalue weighted by atomic mass is 10.0. The number of carbonyl (C=O) groups excluding carboxylic acids is 1. The molecule has 3 aromatic rings. The number of rotatable bonds is 5. The van der Waals surface area contributed by atoms with Crippen molar-refractivity contribution in [1.82, 2.24) is 30.1 Å². The van der Waals surface area contributed by atoms with Crippen molar-refractivity contribution in [2.75, 3.05) is 32.8 Å². The van der Waals surface area contributed by atoms with E-state index in [9.17, 15) is 9.18 Å². The predicted molar refractivity (Wildman–Crippen MR) is 135 cm³/mol. The highest BCUT2D eigenvalue weighted by molar-refractivity contribution is 7.16. The van der Waals surface area contributed by atoms with Crippen LogP contribution in [0.25, 0.3) is 4.96 Å². The summed E-state index contributed by atoms with van der Waals surface area (Å²) < 4.78 is 28.5. The zero-order valence-electron chi connectivity index (χ0n) is 19.4. The zero-order chi connectivity index (χ0) is 24.9. The van der Waals surface area contributed by atoms with E-state index in [2.05, 4.69) is 15.7 Å². The van der Waals surface area contributed by atoms with Crippen molar-refractivity contribution >= 4 is 45.1 Å². The summed E-state index contributed by atoms with van der Waals surface area (Å²) in [5.41, 5.74) is 1.56. The summed E-state index contributed by atoms with van der Waals surface area (Å²) in [7, 11) is 0. The molecule has 3 aliphatic rings. The van der Waals surface area contributed by atoms with Crippen molar-refractivity contribution in [3.8, 4) is 0 Å². The Labute approximate surface area is 219 Å². The van der Waals surface area contributed by atoms with Gasteiger partial charge in [0.1, 0.15) is 28.7 Å². The van der Waals surface area contributed by atoms with E-state index in [0.29, 0.717) is 36.8 Å². The summed E-state index contributed by atoms with van der Waals surface area (Å²) in [6, 6.07) is 0.773. The first-order valence-electron chi connectivity index (χ1n) is 11.6. The molecule has 9 nitrogen and oxygen atoms in total. The fourth-order valence-electron chi connectivity index (χ4n) is 4.84. The van der Waals surface area contributed by atoms with Gasteiger partial charge in [0.25, 0.3) is 5.91 Å². The number of hydrogen-bond donors (Lipinski definition) is 2. The molecule has 6 rings (SSSR count). The molecule has 13 heteroatoms. The molecule has 190 valence electrons. The Kier molecular flexibility index (Phi) is 6.24. The average Bonchev–Trinajstić information content (AvgIpc) is 3.56. The maximum atomic E-state index is 14.9. The predicted octanol–water partition coefficient (Wildman–Crippen LogP) is 2.71. The molecule has 1 amide bonds. The summed E-state index contributed by atoms with van der Waals surface area (Å²) in [6.07, 6.45) is 5.38. The van der Waals surface area contributed by atoms with E-state index in [1.54, 1.807) is 33.1 Å². The van der Waals surface area contributed by atoms with Gasteiger partial charge < -0.3 is 25.0 Å². The van der Waals surface area contributed by atoms with Gasteiger partial charge in [-0.15, -0.1) is 11.3 Å². The van der Waals surface area contributed by atoms with E-state index in [-0.39, 0.29) is 18.3 Å². The van der Waals surface area contributed by atoms with Gasteiger partial charge in [0.2, 0.25) is 4.96 Å². The third kappa shape index (κ3) is 4.01. The van der Waals surface area contributed by atoms with Crippen LogP contribution in [-0.4, -0.2) is 69.4 Å². The number of alkyl halides is 1. The highest BCUT2D eigenvalue weighted by atomic mass is 35.5. The van der Waals surface area contributed by atoms with Gasteiger partial charge in [-0.1, -0.05) is 22.9 Å². The minimum atomic E-state index is -1.15. The van der Waals surface area contributed by atoms with Gasteiger partial charge in [-0.05, 0) is 36.7 Å². The standard InChI is InChI=1S/C23H24ClFN6O3S2/c1-13-29-31-19-15(28-22(31)36-13)4-8-30(20(19)21-14(25)5-10-35-21)18(32)12-34-16-3-2-6-27-23(16,24)17-11-26-7-9-33-17/h2-3,5-6,10,17,20,26-27H,4,7-9,11-12H2,1H3. The minimum absolute atomic E-state index is 0.257. The molecule has 0 radical (unpaired) electrons. The number of nitrogens with zero attached hydrogens (tertiary/aromatic N) is 4. The SMILES string of the molecule is Cc1nn2c3c(nc2s1)CCN(C(=O)COC1=CC=CNC1(Cl)C1CNCCO1)C3c1sccc1F. The third-order valence-electron chi connectivity index (χ3n) is 6.51. The molecule has 0 saturated carbocycles. The van der Waals surface area contributed by atoms with Crippen molar-refractivity contribution in [3.63, 3.8) is 0 Å². The number of amides is 1. The molecule has 1 saturated heterocycles. The van der Waals surface area contributed by atoms with Gasteiger partial charge in [-0.25, -0.2) is 13.9 Å². The van der Waals surface area contributed by atoms with E-state index < -0.39 is 17.1 Å². The summed E-state index contributed by atoms with van der Waals surface area (Å²) in [5, 5.41) is 13.5. The number of allylic oxidation sites excluding steroid dienone is 2. The first-order chi connectivity index (χ1) is 17.5. The zero-order valence-corrected chi connectivity index (χ0v) is 21.8. The Morgan fingerprint density at radius 3 is 3.14 bits per heavy atom. The number of nitrogens with one attached hydrogen (secondary N) is 2. The maximum absolute atomic E-state index is 14.9. The van der Waals surface area contributed by atoms with Crippen LogP contribution >= 0.6 is 34.3 Å². The lowest BCUT2D eigenvalue weighted by molar-refractivity contribution is -0.137. The number of aromatic nitrogens is 3. The summed E-state index contributed by atoms with van der Waals surface area (Å²) >= 11 is 9.67. The molecule has 3 aromatic heterocycles. The second-order valence-corrected chi connectivity index (χ2v) is 11.4. The number of imidazole rings is 1. The van der Waals surface area contributed by atoms with E-state index in [1.807, 2.05) is 6.92 Å². The van der Waals surface area contributed by atoms with Crippen molar-refractivity contribution < 1.29 is 18.7 Å². The Hall–Kier alpha value is -2.51. The Bertz CT molecular complexity index is 1360. The van der Waals surface area contributed by atoms with Gasteiger partial charge in [-0.2, -0.15) is 5.10 Å². The van der Waals surface area contributed by atoms with Crippen LogP contribution in [0.3, 0.4) is 0 Å². The van der Waals surface area contributed by atoms with Crippen LogP contribution in [0.4, 0.5) is 4.39 Å². The van der Waals surface area contributed by atoms with Crippen molar-refractivity contribution in [2.24, 2.45) is 0 Å². The first kappa shape index (κ1) is 23.9. The molecule has 1 fully saturated rings. The van der Waals surface area contributed by atoms with Gasteiger partial charge in [0.05, 0.1) is 22.9 Å². The number of dihydropyridines is 1. The van der Waals surface area contributed by atoms with E-state index >= 15 is 0 Å². The highest BCUT2D eigenvalue weighted by Crippen LogP contribution is 2.40. The van der Waals surface area contributed by atoms with Crippen molar-refractivity contribution in [1.29, 1.82) is 0 Å². The molecule has 0 aliphatic carbocycles. The molecule has 0 bridgehead atoms. The number of hydrogen-bond acceptors (Lipinski definition) is 9. The van der Waals surface area contributed by atoms with E-state index in [4.69, 9.17) is 26.1 Å². The molecule has 0 aromatic carbocycles. The van der Waals surface area contributed by atoms with Crippen LogP contribution in [0.15, 0.2) is 35.6 Å². The van der Waals surface area contributed by atoms with Crippen molar-refractivity contribution in [2.45, 2.75) is 30.5 Å². The first-order valence-corrected chi connectivity index (χ1v) is 13.7. The second-order valence-electron chi connectivity index (χ2n) is 8.73. The number of ether oxygens (including phenoxy) is 2. The van der Waals surface area contributed by atoms with Gasteiger partial charge >= 0.3 is 0 Å². The number of aryl methyl sites for hydroxylation is 1. The van der Waals surface area contributed by atoms with Gasteiger partial charge in [-0.3, -0.25) is 4.79 Å². The summed E-state index contributed by atoms with van der Waals surface area (Å²) in [4.78, 5) is 20.0. The van der Waals surface area contributed by atoms with Crippen LogP contribution < -0.4 is 10.6 Å². The van der Waals surface area contributed by atoms with Crippen LogP contribution in [-0.2, 0) is 20.7 Å². The molecule has 0 spiro atoms. The Morgan fingerprint density at radius 2 is 2.36 bits per heavy atom. The number of fused-ring (bicyclic) bond motifs is 3. The van der Waals surface area contributed by atoms with E-state index in [1.165, 1.54) is 28.7 Å². The summed E-state index contributed by atoms with van der Waals surface area (Å²) in [5.74, 6) is -0.242. The molecular formula is C23H24ClFN6O3S2. The van der Waals surface area contributed by atoms with E-state index in [0.717, 1.165) is 27.9 Å². The lowest BCUT2D eigenvalue weighted by Crippen LogP contribution is -2.58. The molecule has 6 heterocycles. The Balaban J connectivity index is 1.28. The molecule has 3 unspecified atom stereocenters. The Morgan fingerprint density at radius 1 is 1.47 bits per heavy atom. The average molecular weight is 551 g/mol. The molecule has 3 atom stereocenters. The molecular weight excluding hydrogens is 527 g/mol. The molecule has 36 heavy (non-hydrogen) atoms. The second kappa shape index (κ2) is 9.42. The quantitative estimate of drug-likeness (QED) is 0.373. The van der Waals surface area contributed by atoms with Crippen molar-refractivity contribution in [3.05, 3.63) is 62.6 Å². The maximum Gasteiger partial charge on any atom is 0.261 e. The third-order valence-corrected chi connectivity index (χ3v) is 8.81.